The van der Waals surface area contributed by atoms with Crippen molar-refractivity contribution in [2.75, 3.05) is 0 Å². The van der Waals surface area contributed by atoms with Gasteiger partial charge in [-0.3, -0.25) is 11.3 Å². The molecule has 1 saturated carbocycles. The molecule has 1 heterocycles. The van der Waals surface area contributed by atoms with Gasteiger partial charge in [-0.15, -0.1) is 11.3 Å². The van der Waals surface area contributed by atoms with Gasteiger partial charge in [-0.1, -0.05) is 37.3 Å². The summed E-state index contributed by atoms with van der Waals surface area (Å²) in [6.07, 6.45) is 2.22. The molecule has 1 aliphatic rings. The van der Waals surface area contributed by atoms with Crippen molar-refractivity contribution in [1.29, 1.82) is 0 Å². The van der Waals surface area contributed by atoms with E-state index >= 15 is 0 Å². The summed E-state index contributed by atoms with van der Waals surface area (Å²) < 4.78 is 0. The first-order chi connectivity index (χ1) is 9.28. The van der Waals surface area contributed by atoms with Crippen LogP contribution in [0.1, 0.15) is 18.4 Å². The van der Waals surface area contributed by atoms with Crippen LogP contribution >= 0.6 is 11.3 Å². The van der Waals surface area contributed by atoms with Crippen LogP contribution in [0.25, 0.3) is 11.3 Å². The lowest BCUT2D eigenvalue weighted by Gasteiger charge is -2.13. The second-order valence-electron chi connectivity index (χ2n) is 5.35. The lowest BCUT2D eigenvalue weighted by Crippen LogP contribution is -2.38. The van der Waals surface area contributed by atoms with Gasteiger partial charge in [-0.2, -0.15) is 0 Å². The SMILES string of the molecule is CC1CC1C(Cc1nc(-c2ccccc2)cs1)NN. The molecule has 0 radical (unpaired) electrons. The molecule has 0 spiro atoms. The molecule has 0 amide bonds. The maximum absolute atomic E-state index is 5.67. The number of nitrogens with two attached hydrogens (primary N) is 1. The fraction of sp³-hybridized carbons (Fsp3) is 0.400. The van der Waals surface area contributed by atoms with Crippen LogP contribution in [-0.2, 0) is 6.42 Å². The van der Waals surface area contributed by atoms with Crippen molar-refractivity contribution in [1.82, 2.24) is 10.4 Å². The van der Waals surface area contributed by atoms with Gasteiger partial charge in [0.2, 0.25) is 0 Å². The normalized spacial score (nSPS) is 23.3. The van der Waals surface area contributed by atoms with Gasteiger partial charge >= 0.3 is 0 Å². The third-order valence-electron chi connectivity index (χ3n) is 3.92. The van der Waals surface area contributed by atoms with E-state index in [9.17, 15) is 0 Å². The highest BCUT2D eigenvalue weighted by Gasteiger charge is 2.39. The summed E-state index contributed by atoms with van der Waals surface area (Å²) in [4.78, 5) is 4.73. The highest BCUT2D eigenvalue weighted by molar-refractivity contribution is 7.09. The summed E-state index contributed by atoms with van der Waals surface area (Å²) in [5.74, 6) is 7.19. The summed E-state index contributed by atoms with van der Waals surface area (Å²) in [6, 6.07) is 10.7. The molecule has 2 aromatic rings. The van der Waals surface area contributed by atoms with E-state index in [0.29, 0.717) is 12.0 Å². The molecule has 3 atom stereocenters. The van der Waals surface area contributed by atoms with E-state index < -0.39 is 0 Å². The molecule has 4 heteroatoms. The number of rotatable bonds is 5. The number of hydrogen-bond donors (Lipinski definition) is 2. The topological polar surface area (TPSA) is 50.9 Å². The second-order valence-corrected chi connectivity index (χ2v) is 6.29. The van der Waals surface area contributed by atoms with Crippen LogP contribution < -0.4 is 11.3 Å². The highest BCUT2D eigenvalue weighted by Crippen LogP contribution is 2.41. The number of hydrazine groups is 1. The first-order valence-electron chi connectivity index (χ1n) is 6.74. The van der Waals surface area contributed by atoms with Crippen molar-refractivity contribution < 1.29 is 0 Å². The van der Waals surface area contributed by atoms with E-state index in [4.69, 9.17) is 10.8 Å². The molecule has 1 aromatic heterocycles. The van der Waals surface area contributed by atoms with E-state index in [-0.39, 0.29) is 0 Å². The van der Waals surface area contributed by atoms with Crippen LogP contribution in [0.2, 0.25) is 0 Å². The van der Waals surface area contributed by atoms with Gasteiger partial charge < -0.3 is 0 Å². The molecular weight excluding hydrogens is 254 g/mol. The van der Waals surface area contributed by atoms with Gasteiger partial charge in [0.15, 0.2) is 0 Å². The van der Waals surface area contributed by atoms with Gasteiger partial charge in [0.1, 0.15) is 0 Å². The average molecular weight is 273 g/mol. The molecule has 3 N–H and O–H groups in total. The minimum atomic E-state index is 0.366. The standard InChI is InChI=1S/C15H19N3S/c1-10-7-12(10)13(18-16)8-15-17-14(9-19-15)11-5-3-2-4-6-11/h2-6,9-10,12-13,18H,7-8,16H2,1H3. The zero-order chi connectivity index (χ0) is 13.2. The van der Waals surface area contributed by atoms with Crippen LogP contribution in [0.3, 0.4) is 0 Å². The molecule has 1 fully saturated rings. The van der Waals surface area contributed by atoms with E-state index in [2.05, 4.69) is 29.9 Å². The molecule has 19 heavy (non-hydrogen) atoms. The van der Waals surface area contributed by atoms with Gasteiger partial charge in [0, 0.05) is 23.4 Å². The van der Waals surface area contributed by atoms with Crippen LogP contribution in [0.4, 0.5) is 0 Å². The van der Waals surface area contributed by atoms with Gasteiger partial charge in [0.25, 0.3) is 0 Å². The summed E-state index contributed by atoms with van der Waals surface area (Å²) >= 11 is 1.73. The molecule has 0 bridgehead atoms. The van der Waals surface area contributed by atoms with Gasteiger partial charge in [0.05, 0.1) is 10.7 Å². The third kappa shape index (κ3) is 2.86. The predicted octanol–water partition coefficient (Wildman–Crippen LogP) is 2.84. The maximum atomic E-state index is 5.67. The smallest absolute Gasteiger partial charge is 0.0948 e. The Bertz CT molecular complexity index is 537. The number of hydrogen-bond acceptors (Lipinski definition) is 4. The number of nitrogens with one attached hydrogen (secondary N) is 1. The number of aromatic nitrogens is 1. The molecule has 3 rings (SSSR count). The number of nitrogens with zero attached hydrogens (tertiary/aromatic N) is 1. The highest BCUT2D eigenvalue weighted by atomic mass is 32.1. The zero-order valence-electron chi connectivity index (χ0n) is 11.0. The Morgan fingerprint density at radius 1 is 1.42 bits per heavy atom. The van der Waals surface area contributed by atoms with Crippen LogP contribution in [0, 0.1) is 11.8 Å². The van der Waals surface area contributed by atoms with Crippen molar-refractivity contribution in [2.45, 2.75) is 25.8 Å². The lowest BCUT2D eigenvalue weighted by atomic mass is 10.1. The van der Waals surface area contributed by atoms with Crippen molar-refractivity contribution >= 4 is 11.3 Å². The van der Waals surface area contributed by atoms with Crippen molar-refractivity contribution in [3.05, 3.63) is 40.7 Å². The van der Waals surface area contributed by atoms with Gasteiger partial charge in [-0.25, -0.2) is 4.98 Å². The maximum Gasteiger partial charge on any atom is 0.0948 e. The van der Waals surface area contributed by atoms with Crippen LogP contribution in [0.5, 0.6) is 0 Å². The summed E-state index contributed by atoms with van der Waals surface area (Å²) in [7, 11) is 0. The van der Waals surface area contributed by atoms with E-state index in [1.54, 1.807) is 11.3 Å². The molecule has 1 aliphatic carbocycles. The Morgan fingerprint density at radius 2 is 2.16 bits per heavy atom. The Labute approximate surface area is 117 Å². The molecule has 3 nitrogen and oxygen atoms in total. The second kappa shape index (κ2) is 5.41. The van der Waals surface area contributed by atoms with Crippen molar-refractivity contribution in [2.24, 2.45) is 17.7 Å². The van der Waals surface area contributed by atoms with Crippen molar-refractivity contribution in [3.8, 4) is 11.3 Å². The molecule has 1 aromatic carbocycles. The third-order valence-corrected chi connectivity index (χ3v) is 4.79. The lowest BCUT2D eigenvalue weighted by molar-refractivity contribution is 0.454. The monoisotopic (exact) mass is 273 g/mol. The van der Waals surface area contributed by atoms with E-state index in [1.807, 2.05) is 18.2 Å². The van der Waals surface area contributed by atoms with Crippen LogP contribution in [0.15, 0.2) is 35.7 Å². The quantitative estimate of drug-likeness (QED) is 0.650. The average Bonchev–Trinajstić information content (AvgIpc) is 3.00. The molecule has 100 valence electrons. The Kier molecular flexibility index (Phi) is 3.64. The summed E-state index contributed by atoms with van der Waals surface area (Å²) in [5.41, 5.74) is 5.21. The first-order valence-corrected chi connectivity index (χ1v) is 7.62. The molecule has 0 saturated heterocycles. The number of thiazole rings is 1. The van der Waals surface area contributed by atoms with E-state index in [1.165, 1.54) is 17.0 Å². The molecule has 0 aliphatic heterocycles. The Morgan fingerprint density at radius 3 is 2.79 bits per heavy atom. The summed E-state index contributed by atoms with van der Waals surface area (Å²) in [6.45, 7) is 2.28. The Balaban J connectivity index is 1.71. The minimum absolute atomic E-state index is 0.366. The minimum Gasteiger partial charge on any atom is -0.271 e. The fourth-order valence-corrected chi connectivity index (χ4v) is 3.44. The fourth-order valence-electron chi connectivity index (χ4n) is 2.58. The first kappa shape index (κ1) is 12.8. The molecular formula is C15H19N3S. The largest absolute Gasteiger partial charge is 0.271 e. The van der Waals surface area contributed by atoms with Crippen molar-refractivity contribution in [3.63, 3.8) is 0 Å². The molecule has 3 unspecified atom stereocenters. The van der Waals surface area contributed by atoms with Crippen LogP contribution in [-0.4, -0.2) is 11.0 Å². The number of benzene rings is 1. The van der Waals surface area contributed by atoms with Gasteiger partial charge in [-0.05, 0) is 18.3 Å². The summed E-state index contributed by atoms with van der Waals surface area (Å²) in [5, 5.41) is 3.30. The predicted molar refractivity (Wildman–Crippen MR) is 79.6 cm³/mol. The van der Waals surface area contributed by atoms with E-state index in [0.717, 1.165) is 18.0 Å². The zero-order valence-corrected chi connectivity index (χ0v) is 11.9. The Hall–Kier alpha value is -1.23.